The number of benzene rings is 2. The number of hydrogen-bond acceptors (Lipinski definition) is 3. The van der Waals surface area contributed by atoms with Crippen molar-refractivity contribution in [3.05, 3.63) is 95.2 Å². The maximum Gasteiger partial charge on any atom is 0.255 e. The van der Waals surface area contributed by atoms with Gasteiger partial charge in [-0.25, -0.2) is 0 Å². The minimum Gasteiger partial charge on any atom is -0.381 e. The van der Waals surface area contributed by atoms with Crippen LogP contribution in [0.3, 0.4) is 0 Å². The molecule has 0 fully saturated rings. The van der Waals surface area contributed by atoms with E-state index in [-0.39, 0.29) is 5.56 Å². The normalized spacial score (nSPS) is 10.7. The number of aromatic amines is 1. The van der Waals surface area contributed by atoms with E-state index in [0.717, 1.165) is 27.8 Å². The molecule has 2 aromatic heterocycles. The molecular weight excluding hydrogens is 310 g/mol. The van der Waals surface area contributed by atoms with Crippen molar-refractivity contribution in [1.82, 2.24) is 9.97 Å². The molecule has 4 nitrogen and oxygen atoms in total. The molecule has 2 N–H and O–H groups in total. The first-order valence-corrected chi connectivity index (χ1v) is 8.15. The van der Waals surface area contributed by atoms with E-state index in [9.17, 15) is 4.79 Å². The minimum atomic E-state index is -0.0737. The Morgan fingerprint density at radius 2 is 1.72 bits per heavy atom. The van der Waals surface area contributed by atoms with Gasteiger partial charge in [-0.3, -0.25) is 9.78 Å². The topological polar surface area (TPSA) is 57.8 Å². The summed E-state index contributed by atoms with van der Waals surface area (Å²) in [5, 5.41) is 5.04. The molecule has 122 valence electrons. The minimum absolute atomic E-state index is 0.0737. The number of H-pyrrole nitrogens is 1. The lowest BCUT2D eigenvalue weighted by atomic mass is 10.0. The maximum absolute atomic E-state index is 12.2. The highest BCUT2D eigenvalue weighted by molar-refractivity contribution is 5.97. The third kappa shape index (κ3) is 3.15. The zero-order chi connectivity index (χ0) is 17.1. The van der Waals surface area contributed by atoms with E-state index in [1.807, 2.05) is 60.7 Å². The highest BCUT2D eigenvalue weighted by Crippen LogP contribution is 2.28. The van der Waals surface area contributed by atoms with Crippen LogP contribution in [-0.4, -0.2) is 9.97 Å². The summed E-state index contributed by atoms with van der Waals surface area (Å²) in [4.78, 5) is 19.0. The molecule has 0 amide bonds. The Balaban J connectivity index is 1.75. The fourth-order valence-electron chi connectivity index (χ4n) is 2.93. The summed E-state index contributed by atoms with van der Waals surface area (Å²) >= 11 is 0. The molecule has 0 radical (unpaired) electrons. The molecule has 2 heterocycles. The summed E-state index contributed by atoms with van der Waals surface area (Å²) < 4.78 is 0. The number of rotatable bonds is 4. The number of aromatic nitrogens is 2. The van der Waals surface area contributed by atoms with Gasteiger partial charge in [-0.1, -0.05) is 30.3 Å². The smallest absolute Gasteiger partial charge is 0.255 e. The molecule has 4 heteroatoms. The number of nitrogens with zero attached hydrogens (tertiary/aromatic N) is 1. The third-order valence-corrected chi connectivity index (χ3v) is 4.23. The molecule has 0 atom stereocenters. The van der Waals surface area contributed by atoms with E-state index < -0.39 is 0 Å². The van der Waals surface area contributed by atoms with Crippen LogP contribution in [0.25, 0.3) is 21.9 Å². The number of fused-ring (bicyclic) bond motifs is 1. The highest BCUT2D eigenvalue weighted by atomic mass is 16.1. The zero-order valence-corrected chi connectivity index (χ0v) is 13.6. The summed E-state index contributed by atoms with van der Waals surface area (Å²) in [5.41, 5.74) is 4.16. The molecule has 4 rings (SSSR count). The monoisotopic (exact) mass is 327 g/mol. The molecule has 0 spiro atoms. The van der Waals surface area contributed by atoms with Crippen LogP contribution in [0.15, 0.2) is 84.0 Å². The van der Waals surface area contributed by atoms with Crippen molar-refractivity contribution in [3.8, 4) is 11.1 Å². The molecule has 0 saturated heterocycles. The summed E-state index contributed by atoms with van der Waals surface area (Å²) in [6.07, 6.45) is 5.35. The molecule has 0 aliphatic rings. The van der Waals surface area contributed by atoms with Crippen molar-refractivity contribution in [2.45, 2.75) is 6.54 Å². The predicted octanol–water partition coefficient (Wildman–Crippen LogP) is 4.20. The van der Waals surface area contributed by atoms with Crippen LogP contribution in [0.4, 0.5) is 5.69 Å². The van der Waals surface area contributed by atoms with Gasteiger partial charge < -0.3 is 10.3 Å². The molecule has 0 aliphatic carbocycles. The summed E-state index contributed by atoms with van der Waals surface area (Å²) in [6, 6.07) is 19.9. The van der Waals surface area contributed by atoms with Crippen LogP contribution in [0.2, 0.25) is 0 Å². The Morgan fingerprint density at radius 3 is 2.52 bits per heavy atom. The van der Waals surface area contributed by atoms with Crippen LogP contribution in [0.1, 0.15) is 5.56 Å². The quantitative estimate of drug-likeness (QED) is 0.590. The molecule has 0 bridgehead atoms. The Bertz CT molecular complexity index is 1060. The van der Waals surface area contributed by atoms with Gasteiger partial charge in [-0.05, 0) is 46.8 Å². The van der Waals surface area contributed by atoms with Crippen molar-refractivity contribution < 1.29 is 0 Å². The van der Waals surface area contributed by atoms with Gasteiger partial charge in [0.1, 0.15) is 0 Å². The first kappa shape index (κ1) is 15.1. The van der Waals surface area contributed by atoms with E-state index >= 15 is 0 Å². The van der Waals surface area contributed by atoms with Gasteiger partial charge in [0.25, 0.3) is 5.56 Å². The molecular formula is C21H17N3O. The first-order chi connectivity index (χ1) is 12.3. The highest BCUT2D eigenvalue weighted by Gasteiger charge is 2.08. The van der Waals surface area contributed by atoms with Crippen molar-refractivity contribution in [1.29, 1.82) is 0 Å². The van der Waals surface area contributed by atoms with E-state index in [2.05, 4.69) is 15.3 Å². The van der Waals surface area contributed by atoms with Crippen molar-refractivity contribution in [2.24, 2.45) is 0 Å². The Morgan fingerprint density at radius 1 is 0.920 bits per heavy atom. The molecule has 0 aliphatic heterocycles. The summed E-state index contributed by atoms with van der Waals surface area (Å²) in [5.74, 6) is 0. The van der Waals surface area contributed by atoms with Gasteiger partial charge in [0.05, 0.1) is 0 Å². The van der Waals surface area contributed by atoms with Gasteiger partial charge in [-0.2, -0.15) is 0 Å². The summed E-state index contributed by atoms with van der Waals surface area (Å²) in [6.45, 7) is 0.706. The van der Waals surface area contributed by atoms with Crippen molar-refractivity contribution in [3.63, 3.8) is 0 Å². The molecule has 2 aromatic carbocycles. The van der Waals surface area contributed by atoms with Crippen molar-refractivity contribution in [2.75, 3.05) is 5.32 Å². The van der Waals surface area contributed by atoms with Crippen LogP contribution >= 0.6 is 0 Å². The number of hydrogen-bond donors (Lipinski definition) is 2. The zero-order valence-electron chi connectivity index (χ0n) is 13.6. The Labute approximate surface area is 145 Å². The van der Waals surface area contributed by atoms with E-state index in [4.69, 9.17) is 0 Å². The first-order valence-electron chi connectivity index (χ1n) is 8.15. The SMILES string of the molecule is O=c1[nH]cc(-c2ccccc2)c2cc(NCc3ccncc3)ccc12. The lowest BCUT2D eigenvalue weighted by Crippen LogP contribution is -2.07. The second kappa shape index (κ2) is 6.61. The number of pyridine rings is 2. The average Bonchev–Trinajstić information content (AvgIpc) is 2.68. The van der Waals surface area contributed by atoms with Gasteiger partial charge in [-0.15, -0.1) is 0 Å². The van der Waals surface area contributed by atoms with Crippen molar-refractivity contribution >= 4 is 16.5 Å². The van der Waals surface area contributed by atoms with Gasteiger partial charge >= 0.3 is 0 Å². The third-order valence-electron chi connectivity index (χ3n) is 4.23. The second-order valence-electron chi connectivity index (χ2n) is 5.87. The van der Waals surface area contributed by atoms with Crippen LogP contribution in [-0.2, 0) is 6.54 Å². The second-order valence-corrected chi connectivity index (χ2v) is 5.87. The molecule has 0 unspecified atom stereocenters. The fraction of sp³-hybridized carbons (Fsp3) is 0.0476. The largest absolute Gasteiger partial charge is 0.381 e. The van der Waals surface area contributed by atoms with E-state index in [0.29, 0.717) is 11.9 Å². The lowest BCUT2D eigenvalue weighted by molar-refractivity contribution is 1.13. The number of anilines is 1. The molecule has 0 saturated carbocycles. The van der Waals surface area contributed by atoms with E-state index in [1.165, 1.54) is 0 Å². The summed E-state index contributed by atoms with van der Waals surface area (Å²) in [7, 11) is 0. The Hall–Kier alpha value is -3.40. The maximum atomic E-state index is 12.2. The molecule has 25 heavy (non-hydrogen) atoms. The average molecular weight is 327 g/mol. The van der Waals surface area contributed by atoms with Crippen LogP contribution in [0.5, 0.6) is 0 Å². The Kier molecular flexibility index (Phi) is 4.01. The predicted molar refractivity (Wildman–Crippen MR) is 102 cm³/mol. The van der Waals surface area contributed by atoms with Gasteiger partial charge in [0.15, 0.2) is 0 Å². The van der Waals surface area contributed by atoms with E-state index in [1.54, 1.807) is 18.6 Å². The number of nitrogens with one attached hydrogen (secondary N) is 2. The lowest BCUT2D eigenvalue weighted by Gasteiger charge is -2.10. The standard InChI is InChI=1S/C21H17N3O/c25-21-18-7-6-17(23-13-15-8-10-22-11-9-15)12-19(18)20(14-24-21)16-4-2-1-3-5-16/h1-12,14,23H,13H2,(H,24,25). The van der Waals surface area contributed by atoms with Crippen LogP contribution in [0, 0.1) is 0 Å². The van der Waals surface area contributed by atoms with Gasteiger partial charge in [0.2, 0.25) is 0 Å². The van der Waals surface area contributed by atoms with Gasteiger partial charge in [0, 0.05) is 41.8 Å². The fourth-order valence-corrected chi connectivity index (χ4v) is 2.93. The molecule has 4 aromatic rings. The van der Waals surface area contributed by atoms with Crippen LogP contribution < -0.4 is 10.9 Å².